The van der Waals surface area contributed by atoms with Gasteiger partial charge in [0.15, 0.2) is 3.95 Å². The summed E-state index contributed by atoms with van der Waals surface area (Å²) in [7, 11) is 0. The van der Waals surface area contributed by atoms with E-state index in [1.54, 1.807) is 11.3 Å². The molecule has 1 aromatic rings. The van der Waals surface area contributed by atoms with Gasteiger partial charge in [-0.2, -0.15) is 0 Å². The van der Waals surface area contributed by atoms with E-state index < -0.39 is 0 Å². The Labute approximate surface area is 69.4 Å². The van der Waals surface area contributed by atoms with Crippen LogP contribution in [0.25, 0.3) is 6.08 Å². The SMILES string of the molecule is C/C=C\c1[nH]c(=S)sc1C. The van der Waals surface area contributed by atoms with Crippen LogP contribution in [0.3, 0.4) is 0 Å². The Balaban J connectivity index is 3.15. The van der Waals surface area contributed by atoms with Gasteiger partial charge in [0, 0.05) is 4.88 Å². The number of aromatic amines is 1. The number of aromatic nitrogens is 1. The molecule has 1 aromatic heterocycles. The minimum atomic E-state index is 0.852. The van der Waals surface area contributed by atoms with Gasteiger partial charge in [0.2, 0.25) is 0 Å². The minimum absolute atomic E-state index is 0.852. The van der Waals surface area contributed by atoms with E-state index in [1.165, 1.54) is 4.88 Å². The lowest BCUT2D eigenvalue weighted by molar-refractivity contribution is 1.32. The maximum absolute atomic E-state index is 4.96. The number of hydrogen-bond acceptors (Lipinski definition) is 2. The van der Waals surface area contributed by atoms with Crippen LogP contribution < -0.4 is 0 Å². The largest absolute Gasteiger partial charge is 0.337 e. The van der Waals surface area contributed by atoms with Crippen molar-refractivity contribution in [2.45, 2.75) is 13.8 Å². The highest BCUT2D eigenvalue weighted by Crippen LogP contribution is 2.14. The van der Waals surface area contributed by atoms with Crippen molar-refractivity contribution in [2.75, 3.05) is 0 Å². The van der Waals surface area contributed by atoms with E-state index in [1.807, 2.05) is 19.1 Å². The second-order valence-electron chi connectivity index (χ2n) is 1.98. The molecule has 0 fully saturated rings. The first kappa shape index (κ1) is 7.69. The zero-order valence-electron chi connectivity index (χ0n) is 5.97. The average molecular weight is 171 g/mol. The van der Waals surface area contributed by atoms with Gasteiger partial charge in [-0.1, -0.05) is 6.08 Å². The van der Waals surface area contributed by atoms with Gasteiger partial charge in [-0.15, -0.1) is 11.3 Å². The summed E-state index contributed by atoms with van der Waals surface area (Å²) in [6, 6.07) is 0. The molecule has 1 rings (SSSR count). The van der Waals surface area contributed by atoms with Crippen LogP contribution in [0.5, 0.6) is 0 Å². The lowest BCUT2D eigenvalue weighted by atomic mass is 10.3. The highest BCUT2D eigenvalue weighted by Gasteiger charge is 1.94. The van der Waals surface area contributed by atoms with Crippen LogP contribution in [0, 0.1) is 10.9 Å². The van der Waals surface area contributed by atoms with Crippen molar-refractivity contribution in [3.8, 4) is 0 Å². The summed E-state index contributed by atoms with van der Waals surface area (Å²) in [5.74, 6) is 0. The predicted octanol–water partition coefficient (Wildman–Crippen LogP) is 3.15. The Hall–Kier alpha value is -0.410. The van der Waals surface area contributed by atoms with E-state index >= 15 is 0 Å². The molecule has 54 valence electrons. The number of H-pyrrole nitrogens is 1. The van der Waals surface area contributed by atoms with Crippen LogP contribution >= 0.6 is 23.6 Å². The Morgan fingerprint density at radius 2 is 2.30 bits per heavy atom. The first-order valence-corrected chi connectivity index (χ1v) is 4.29. The van der Waals surface area contributed by atoms with Crippen molar-refractivity contribution in [2.24, 2.45) is 0 Å². The van der Waals surface area contributed by atoms with Crippen LogP contribution in [-0.4, -0.2) is 4.98 Å². The fraction of sp³-hybridized carbons (Fsp3) is 0.286. The molecule has 0 aromatic carbocycles. The number of rotatable bonds is 1. The summed E-state index contributed by atoms with van der Waals surface area (Å²) < 4.78 is 0.852. The molecule has 1 heterocycles. The molecule has 0 saturated heterocycles. The van der Waals surface area contributed by atoms with E-state index in [4.69, 9.17) is 12.2 Å². The zero-order chi connectivity index (χ0) is 7.56. The Morgan fingerprint density at radius 1 is 1.60 bits per heavy atom. The molecule has 1 nitrogen and oxygen atoms in total. The van der Waals surface area contributed by atoms with Gasteiger partial charge in [-0.05, 0) is 32.1 Å². The molecule has 0 bridgehead atoms. The van der Waals surface area contributed by atoms with Gasteiger partial charge >= 0.3 is 0 Å². The molecule has 0 amide bonds. The monoisotopic (exact) mass is 171 g/mol. The molecule has 3 heteroatoms. The van der Waals surface area contributed by atoms with Crippen molar-refractivity contribution in [1.29, 1.82) is 0 Å². The molecule has 0 aliphatic heterocycles. The number of aryl methyl sites for hydroxylation is 1. The average Bonchev–Trinajstić information content (AvgIpc) is 2.13. The summed E-state index contributed by atoms with van der Waals surface area (Å²) in [6.07, 6.45) is 4.03. The summed E-state index contributed by atoms with van der Waals surface area (Å²) in [5.41, 5.74) is 1.14. The maximum atomic E-state index is 4.96. The lowest BCUT2D eigenvalue weighted by Gasteiger charge is -1.84. The van der Waals surface area contributed by atoms with E-state index in [9.17, 15) is 0 Å². The lowest BCUT2D eigenvalue weighted by Crippen LogP contribution is -1.71. The summed E-state index contributed by atoms with van der Waals surface area (Å²) in [4.78, 5) is 4.34. The molecule has 0 unspecified atom stereocenters. The van der Waals surface area contributed by atoms with Gasteiger partial charge in [-0.3, -0.25) is 0 Å². The highest BCUT2D eigenvalue weighted by molar-refractivity contribution is 7.73. The summed E-state index contributed by atoms with van der Waals surface area (Å²) >= 11 is 6.58. The molecule has 0 aliphatic carbocycles. The number of allylic oxidation sites excluding steroid dienone is 1. The van der Waals surface area contributed by atoms with Gasteiger partial charge in [0.05, 0.1) is 5.69 Å². The molecule has 0 radical (unpaired) electrons. The van der Waals surface area contributed by atoms with E-state index in [0.717, 1.165) is 9.65 Å². The topological polar surface area (TPSA) is 15.8 Å². The number of thiazole rings is 1. The van der Waals surface area contributed by atoms with Crippen molar-refractivity contribution >= 4 is 29.6 Å². The normalized spacial score (nSPS) is 11.0. The smallest absolute Gasteiger partial charge is 0.159 e. The van der Waals surface area contributed by atoms with E-state index in [2.05, 4.69) is 11.9 Å². The molecular weight excluding hydrogens is 162 g/mol. The van der Waals surface area contributed by atoms with Crippen LogP contribution in [0.4, 0.5) is 0 Å². The van der Waals surface area contributed by atoms with Crippen LogP contribution in [0.15, 0.2) is 6.08 Å². The number of nitrogens with one attached hydrogen (secondary N) is 1. The number of hydrogen-bond donors (Lipinski definition) is 1. The fourth-order valence-corrected chi connectivity index (χ4v) is 1.90. The fourth-order valence-electron chi connectivity index (χ4n) is 0.743. The second-order valence-corrected chi connectivity index (χ2v) is 3.88. The van der Waals surface area contributed by atoms with Gasteiger partial charge in [-0.25, -0.2) is 0 Å². The highest BCUT2D eigenvalue weighted by atomic mass is 32.1. The quantitative estimate of drug-likeness (QED) is 0.642. The molecule has 0 saturated carbocycles. The standard InChI is InChI=1S/C7H9NS2/c1-3-4-6-5(2)10-7(9)8-6/h3-4H,1-2H3,(H,8,9)/b4-3-. The first-order chi connectivity index (χ1) is 4.74. The maximum Gasteiger partial charge on any atom is 0.159 e. The van der Waals surface area contributed by atoms with Crippen molar-refractivity contribution in [3.05, 3.63) is 20.6 Å². The Bertz CT molecular complexity index is 293. The van der Waals surface area contributed by atoms with Crippen LogP contribution in [0.1, 0.15) is 17.5 Å². The molecular formula is C7H9NS2. The first-order valence-electron chi connectivity index (χ1n) is 3.06. The minimum Gasteiger partial charge on any atom is -0.337 e. The third-order valence-electron chi connectivity index (χ3n) is 1.20. The van der Waals surface area contributed by atoms with Crippen molar-refractivity contribution < 1.29 is 0 Å². The van der Waals surface area contributed by atoms with E-state index in [-0.39, 0.29) is 0 Å². The zero-order valence-corrected chi connectivity index (χ0v) is 7.60. The summed E-state index contributed by atoms with van der Waals surface area (Å²) in [5, 5.41) is 0. The molecule has 0 spiro atoms. The third-order valence-corrected chi connectivity index (χ3v) is 2.36. The van der Waals surface area contributed by atoms with Crippen LogP contribution in [0.2, 0.25) is 0 Å². The third kappa shape index (κ3) is 1.55. The Morgan fingerprint density at radius 3 is 2.70 bits per heavy atom. The Kier molecular flexibility index (Phi) is 2.40. The van der Waals surface area contributed by atoms with Crippen molar-refractivity contribution in [3.63, 3.8) is 0 Å². The second kappa shape index (κ2) is 3.12. The predicted molar refractivity (Wildman–Crippen MR) is 48.9 cm³/mol. The summed E-state index contributed by atoms with van der Waals surface area (Å²) in [6.45, 7) is 4.06. The molecule has 1 N–H and O–H groups in total. The molecule has 0 aliphatic rings. The van der Waals surface area contributed by atoms with E-state index in [0.29, 0.717) is 0 Å². The van der Waals surface area contributed by atoms with Gasteiger partial charge in [0.25, 0.3) is 0 Å². The van der Waals surface area contributed by atoms with Gasteiger partial charge < -0.3 is 4.98 Å². The molecule has 10 heavy (non-hydrogen) atoms. The van der Waals surface area contributed by atoms with Gasteiger partial charge in [0.1, 0.15) is 0 Å². The van der Waals surface area contributed by atoms with Crippen molar-refractivity contribution in [1.82, 2.24) is 4.98 Å². The van der Waals surface area contributed by atoms with Crippen LogP contribution in [-0.2, 0) is 0 Å². The molecule has 0 atom stereocenters.